The number of aryl methyl sites for hydroxylation is 1. The van der Waals surface area contributed by atoms with Gasteiger partial charge in [0.1, 0.15) is 5.82 Å². The molecule has 1 saturated heterocycles. The van der Waals surface area contributed by atoms with Crippen LogP contribution in [-0.2, 0) is 0 Å². The Labute approximate surface area is 99.4 Å². The maximum atomic E-state index is 12.2. The van der Waals surface area contributed by atoms with Gasteiger partial charge in [-0.1, -0.05) is 0 Å². The van der Waals surface area contributed by atoms with E-state index in [-0.39, 0.29) is 11.7 Å². The lowest BCUT2D eigenvalue weighted by molar-refractivity contribution is 0.0930. The van der Waals surface area contributed by atoms with E-state index >= 15 is 0 Å². The summed E-state index contributed by atoms with van der Waals surface area (Å²) in [6, 6.07) is 5.70. The van der Waals surface area contributed by atoms with Gasteiger partial charge in [-0.15, -0.1) is 0 Å². The zero-order valence-corrected chi connectivity index (χ0v) is 9.79. The molecular formula is C13H15N3O. The van der Waals surface area contributed by atoms with E-state index < -0.39 is 0 Å². The van der Waals surface area contributed by atoms with E-state index in [9.17, 15) is 4.79 Å². The Balaban J connectivity index is 1.96. The van der Waals surface area contributed by atoms with Crippen molar-refractivity contribution in [1.29, 1.82) is 0 Å². The molecule has 1 aliphatic rings. The zero-order chi connectivity index (χ0) is 11.8. The number of aromatic nitrogens is 2. The molecule has 0 bridgehead atoms. The van der Waals surface area contributed by atoms with E-state index in [0.717, 1.165) is 41.9 Å². The van der Waals surface area contributed by atoms with Gasteiger partial charge in [0.25, 0.3) is 0 Å². The predicted molar refractivity (Wildman–Crippen MR) is 66.1 cm³/mol. The Kier molecular flexibility index (Phi) is 2.44. The van der Waals surface area contributed by atoms with E-state index in [0.29, 0.717) is 0 Å². The van der Waals surface area contributed by atoms with E-state index in [4.69, 9.17) is 0 Å². The van der Waals surface area contributed by atoms with Crippen LogP contribution >= 0.6 is 0 Å². The number of ketones is 1. The first-order valence-electron chi connectivity index (χ1n) is 5.95. The van der Waals surface area contributed by atoms with Crippen LogP contribution in [0.15, 0.2) is 18.2 Å². The molecule has 4 nitrogen and oxygen atoms in total. The molecule has 1 atom stereocenters. The van der Waals surface area contributed by atoms with Gasteiger partial charge in [0.15, 0.2) is 5.78 Å². The number of nitrogens with zero attached hydrogens (tertiary/aromatic N) is 1. The highest BCUT2D eigenvalue weighted by Gasteiger charge is 2.23. The fourth-order valence-corrected chi connectivity index (χ4v) is 2.40. The van der Waals surface area contributed by atoms with Crippen LogP contribution < -0.4 is 5.32 Å². The van der Waals surface area contributed by atoms with Crippen LogP contribution in [0, 0.1) is 12.8 Å². The minimum atomic E-state index is 0.136. The molecule has 2 N–H and O–H groups in total. The topological polar surface area (TPSA) is 57.8 Å². The second kappa shape index (κ2) is 3.96. The molecule has 17 heavy (non-hydrogen) atoms. The molecule has 1 aromatic carbocycles. The number of carbonyl (C=O) groups excluding carboxylic acids is 1. The number of aromatic amines is 1. The monoisotopic (exact) mass is 229 g/mol. The average molecular weight is 229 g/mol. The second-order valence-corrected chi connectivity index (χ2v) is 4.61. The van der Waals surface area contributed by atoms with Gasteiger partial charge in [-0.2, -0.15) is 0 Å². The van der Waals surface area contributed by atoms with E-state index in [1.165, 1.54) is 0 Å². The highest BCUT2D eigenvalue weighted by molar-refractivity contribution is 6.00. The van der Waals surface area contributed by atoms with Gasteiger partial charge < -0.3 is 10.3 Å². The molecule has 0 spiro atoms. The standard InChI is InChI=1S/C13H15N3O/c1-8-15-11-3-2-9(6-12(11)16-8)13(17)10-4-5-14-7-10/h2-3,6,10,14H,4-5,7H2,1H3,(H,15,16). The van der Waals surface area contributed by atoms with Crippen molar-refractivity contribution >= 4 is 16.8 Å². The minimum Gasteiger partial charge on any atom is -0.342 e. The summed E-state index contributed by atoms with van der Waals surface area (Å²) in [5.41, 5.74) is 2.65. The molecule has 88 valence electrons. The van der Waals surface area contributed by atoms with Gasteiger partial charge in [0, 0.05) is 18.0 Å². The second-order valence-electron chi connectivity index (χ2n) is 4.61. The number of H-pyrrole nitrogens is 1. The number of benzene rings is 1. The van der Waals surface area contributed by atoms with Crippen molar-refractivity contribution < 1.29 is 4.79 Å². The molecule has 0 radical (unpaired) electrons. The fourth-order valence-electron chi connectivity index (χ4n) is 2.40. The number of nitrogens with one attached hydrogen (secondary N) is 2. The fraction of sp³-hybridized carbons (Fsp3) is 0.385. The van der Waals surface area contributed by atoms with Crippen molar-refractivity contribution in [3.05, 3.63) is 29.6 Å². The predicted octanol–water partition coefficient (Wildman–Crippen LogP) is 1.66. The number of fused-ring (bicyclic) bond motifs is 1. The third kappa shape index (κ3) is 1.85. The SMILES string of the molecule is Cc1nc2ccc(C(=O)C3CCNC3)cc2[nH]1. The third-order valence-corrected chi connectivity index (χ3v) is 3.32. The lowest BCUT2D eigenvalue weighted by atomic mass is 9.97. The molecule has 1 aliphatic heterocycles. The molecule has 0 amide bonds. The van der Waals surface area contributed by atoms with E-state index in [1.807, 2.05) is 25.1 Å². The minimum absolute atomic E-state index is 0.136. The largest absolute Gasteiger partial charge is 0.342 e. The summed E-state index contributed by atoms with van der Waals surface area (Å²) < 4.78 is 0. The van der Waals surface area contributed by atoms with E-state index in [1.54, 1.807) is 0 Å². The summed E-state index contributed by atoms with van der Waals surface area (Å²) in [5.74, 6) is 1.26. The first-order chi connectivity index (χ1) is 8.24. The van der Waals surface area contributed by atoms with Crippen molar-refractivity contribution in [1.82, 2.24) is 15.3 Å². The summed E-state index contributed by atoms with van der Waals surface area (Å²) in [4.78, 5) is 19.7. The Morgan fingerprint density at radius 3 is 3.12 bits per heavy atom. The van der Waals surface area contributed by atoms with Gasteiger partial charge in [0.2, 0.25) is 0 Å². The number of carbonyl (C=O) groups is 1. The van der Waals surface area contributed by atoms with Crippen molar-refractivity contribution in [2.24, 2.45) is 5.92 Å². The van der Waals surface area contributed by atoms with Gasteiger partial charge in [0.05, 0.1) is 11.0 Å². The van der Waals surface area contributed by atoms with Crippen LogP contribution in [0.4, 0.5) is 0 Å². The molecule has 0 aliphatic carbocycles. The van der Waals surface area contributed by atoms with Crippen LogP contribution in [-0.4, -0.2) is 28.8 Å². The lowest BCUT2D eigenvalue weighted by Crippen LogP contribution is -2.17. The van der Waals surface area contributed by atoms with Crippen molar-refractivity contribution in [3.8, 4) is 0 Å². The van der Waals surface area contributed by atoms with E-state index in [2.05, 4.69) is 15.3 Å². The van der Waals surface area contributed by atoms with Crippen LogP contribution in [0.1, 0.15) is 22.6 Å². The van der Waals surface area contributed by atoms with Gasteiger partial charge in [-0.25, -0.2) is 4.98 Å². The first kappa shape index (κ1) is 10.5. The van der Waals surface area contributed by atoms with Crippen molar-refractivity contribution in [2.45, 2.75) is 13.3 Å². The van der Waals surface area contributed by atoms with Crippen molar-refractivity contribution in [2.75, 3.05) is 13.1 Å². The number of imidazole rings is 1. The average Bonchev–Trinajstić information content (AvgIpc) is 2.94. The number of hydrogen-bond acceptors (Lipinski definition) is 3. The summed E-state index contributed by atoms with van der Waals surface area (Å²) >= 11 is 0. The third-order valence-electron chi connectivity index (χ3n) is 3.32. The normalized spacial score (nSPS) is 19.9. The summed E-state index contributed by atoms with van der Waals surface area (Å²) in [7, 11) is 0. The van der Waals surface area contributed by atoms with Crippen molar-refractivity contribution in [3.63, 3.8) is 0 Å². The summed E-state index contributed by atoms with van der Waals surface area (Å²) in [6.07, 6.45) is 0.943. The molecule has 2 heterocycles. The maximum Gasteiger partial charge on any atom is 0.167 e. The van der Waals surface area contributed by atoms with Gasteiger partial charge in [-0.3, -0.25) is 4.79 Å². The number of Topliss-reactive ketones (excluding diaryl/α,β-unsaturated/α-hetero) is 1. The smallest absolute Gasteiger partial charge is 0.167 e. The summed E-state index contributed by atoms with van der Waals surface area (Å²) in [5, 5.41) is 3.22. The molecule has 4 heteroatoms. The Hall–Kier alpha value is -1.68. The molecule has 1 fully saturated rings. The molecule has 0 saturated carbocycles. The highest BCUT2D eigenvalue weighted by atomic mass is 16.1. The summed E-state index contributed by atoms with van der Waals surface area (Å²) in [6.45, 7) is 3.67. The Bertz CT molecular complexity index is 567. The zero-order valence-electron chi connectivity index (χ0n) is 9.79. The van der Waals surface area contributed by atoms with Crippen LogP contribution in [0.5, 0.6) is 0 Å². The maximum absolute atomic E-state index is 12.2. The lowest BCUT2D eigenvalue weighted by Gasteiger charge is -2.06. The Morgan fingerprint density at radius 2 is 2.35 bits per heavy atom. The highest BCUT2D eigenvalue weighted by Crippen LogP contribution is 2.19. The number of rotatable bonds is 2. The molecule has 2 aromatic rings. The quantitative estimate of drug-likeness (QED) is 0.770. The van der Waals surface area contributed by atoms with Gasteiger partial charge >= 0.3 is 0 Å². The van der Waals surface area contributed by atoms with Crippen LogP contribution in [0.25, 0.3) is 11.0 Å². The molecule has 1 unspecified atom stereocenters. The van der Waals surface area contributed by atoms with Gasteiger partial charge in [-0.05, 0) is 38.1 Å². The van der Waals surface area contributed by atoms with Crippen LogP contribution in [0.2, 0.25) is 0 Å². The van der Waals surface area contributed by atoms with Crippen LogP contribution in [0.3, 0.4) is 0 Å². The molecule has 3 rings (SSSR count). The number of hydrogen-bond donors (Lipinski definition) is 2. The Morgan fingerprint density at radius 1 is 1.47 bits per heavy atom. The molecular weight excluding hydrogens is 214 g/mol. The molecule has 1 aromatic heterocycles. The first-order valence-corrected chi connectivity index (χ1v) is 5.95.